The lowest BCUT2D eigenvalue weighted by Gasteiger charge is -2.37. The molecule has 0 bridgehead atoms. The first-order valence-electron chi connectivity index (χ1n) is 10.3. The summed E-state index contributed by atoms with van der Waals surface area (Å²) in [5.74, 6) is 0.896. The molecule has 4 rings (SSSR count). The summed E-state index contributed by atoms with van der Waals surface area (Å²) in [6.45, 7) is 7.09. The van der Waals surface area contributed by atoms with Crippen molar-refractivity contribution in [3.8, 4) is 5.75 Å². The van der Waals surface area contributed by atoms with E-state index in [1.165, 1.54) is 4.70 Å². The smallest absolute Gasteiger partial charge is 0.237 e. The number of para-hydroxylation sites is 1. The van der Waals surface area contributed by atoms with E-state index in [0.717, 1.165) is 54.6 Å². The lowest BCUT2D eigenvalue weighted by molar-refractivity contribution is -0.126. The highest BCUT2D eigenvalue weighted by molar-refractivity contribution is 7.18. The number of aromatic nitrogens is 1. The zero-order chi connectivity index (χ0) is 20.9. The summed E-state index contributed by atoms with van der Waals surface area (Å²) in [6, 6.07) is 15.9. The molecule has 0 saturated carbocycles. The maximum absolute atomic E-state index is 12.6. The highest BCUT2D eigenvalue weighted by atomic mass is 32.1. The molecule has 158 valence electrons. The van der Waals surface area contributed by atoms with Crippen molar-refractivity contribution in [2.24, 2.45) is 0 Å². The number of fused-ring (bicyclic) bond motifs is 1. The quantitative estimate of drug-likeness (QED) is 0.632. The molecular weight excluding hydrogens is 396 g/mol. The van der Waals surface area contributed by atoms with E-state index in [-0.39, 0.29) is 11.9 Å². The summed E-state index contributed by atoms with van der Waals surface area (Å²) in [5.41, 5.74) is 2.15. The molecule has 1 amide bonds. The average molecular weight is 425 g/mol. The molecule has 0 unspecified atom stereocenters. The molecule has 7 heteroatoms. The molecule has 1 aliphatic heterocycles. The molecule has 0 aliphatic carbocycles. The number of hydrogen-bond acceptors (Lipinski definition) is 6. The Hall–Kier alpha value is -2.48. The number of rotatable bonds is 7. The fraction of sp³-hybridized carbons (Fsp3) is 0.391. The van der Waals surface area contributed by atoms with Crippen LogP contribution in [0, 0.1) is 0 Å². The minimum absolute atomic E-state index is 0.0745. The number of thiazole rings is 1. The van der Waals surface area contributed by atoms with Gasteiger partial charge in [0.25, 0.3) is 0 Å². The van der Waals surface area contributed by atoms with Gasteiger partial charge in [-0.1, -0.05) is 24.3 Å². The van der Waals surface area contributed by atoms with Crippen LogP contribution >= 0.6 is 11.3 Å². The number of benzene rings is 2. The largest absolute Gasteiger partial charge is 0.497 e. The summed E-state index contributed by atoms with van der Waals surface area (Å²) in [4.78, 5) is 22.0. The zero-order valence-electron chi connectivity index (χ0n) is 17.5. The molecule has 3 aromatic rings. The van der Waals surface area contributed by atoms with Crippen LogP contribution < -0.4 is 10.1 Å². The monoisotopic (exact) mass is 424 g/mol. The molecule has 6 nitrogen and oxygen atoms in total. The maximum Gasteiger partial charge on any atom is 0.237 e. The predicted octanol–water partition coefficient (Wildman–Crippen LogP) is 3.13. The fourth-order valence-corrected chi connectivity index (χ4v) is 4.74. The van der Waals surface area contributed by atoms with Crippen molar-refractivity contribution in [1.82, 2.24) is 20.1 Å². The van der Waals surface area contributed by atoms with Crippen LogP contribution in [0.2, 0.25) is 0 Å². The van der Waals surface area contributed by atoms with E-state index in [2.05, 4.69) is 33.3 Å². The number of carbonyl (C=O) groups excluding carboxylic acids is 1. The topological polar surface area (TPSA) is 57.7 Å². The van der Waals surface area contributed by atoms with E-state index in [4.69, 9.17) is 9.72 Å². The van der Waals surface area contributed by atoms with Crippen LogP contribution in [0.1, 0.15) is 17.5 Å². The summed E-state index contributed by atoms with van der Waals surface area (Å²) in [7, 11) is 1.65. The second kappa shape index (κ2) is 9.55. The van der Waals surface area contributed by atoms with Crippen LogP contribution in [0.3, 0.4) is 0 Å². The molecule has 2 heterocycles. The minimum Gasteiger partial charge on any atom is -0.497 e. The summed E-state index contributed by atoms with van der Waals surface area (Å²) < 4.78 is 6.42. The van der Waals surface area contributed by atoms with Crippen molar-refractivity contribution in [2.45, 2.75) is 26.1 Å². The zero-order valence-corrected chi connectivity index (χ0v) is 18.3. The first-order chi connectivity index (χ1) is 14.6. The van der Waals surface area contributed by atoms with E-state index >= 15 is 0 Å². The molecule has 30 heavy (non-hydrogen) atoms. The Bertz CT molecular complexity index is 947. The number of nitrogens with one attached hydrogen (secondary N) is 1. The van der Waals surface area contributed by atoms with Crippen LogP contribution in [0.5, 0.6) is 5.75 Å². The Balaban J connectivity index is 1.23. The van der Waals surface area contributed by atoms with Gasteiger partial charge in [-0.2, -0.15) is 0 Å². The van der Waals surface area contributed by atoms with Crippen LogP contribution in [-0.4, -0.2) is 60.0 Å². The summed E-state index contributed by atoms with van der Waals surface area (Å²) >= 11 is 1.77. The van der Waals surface area contributed by atoms with Crippen molar-refractivity contribution in [2.75, 3.05) is 33.3 Å². The number of nitrogens with zero attached hydrogens (tertiary/aromatic N) is 3. The number of amides is 1. The Morgan fingerprint density at radius 3 is 2.57 bits per heavy atom. The van der Waals surface area contributed by atoms with Crippen molar-refractivity contribution < 1.29 is 9.53 Å². The number of methoxy groups -OCH3 is 1. The molecule has 2 aromatic carbocycles. The van der Waals surface area contributed by atoms with Gasteiger partial charge in [-0.25, -0.2) is 4.98 Å². The van der Waals surface area contributed by atoms with Gasteiger partial charge in [0.15, 0.2) is 0 Å². The molecule has 0 spiro atoms. The highest BCUT2D eigenvalue weighted by Crippen LogP contribution is 2.23. The van der Waals surface area contributed by atoms with Gasteiger partial charge in [0.1, 0.15) is 10.8 Å². The molecule has 1 atom stereocenters. The number of ether oxygens (including phenoxy) is 1. The van der Waals surface area contributed by atoms with Gasteiger partial charge in [-0.3, -0.25) is 14.6 Å². The number of carbonyl (C=O) groups is 1. The Morgan fingerprint density at radius 1 is 1.13 bits per heavy atom. The van der Waals surface area contributed by atoms with Gasteiger partial charge < -0.3 is 10.1 Å². The minimum atomic E-state index is -0.132. The van der Waals surface area contributed by atoms with E-state index in [1.54, 1.807) is 18.4 Å². The molecule has 0 radical (unpaired) electrons. The first-order valence-corrected chi connectivity index (χ1v) is 11.2. The lowest BCUT2D eigenvalue weighted by atomic mass is 10.2. The number of piperazine rings is 1. The third kappa shape index (κ3) is 4.98. The maximum atomic E-state index is 12.6. The fourth-order valence-electron chi connectivity index (χ4n) is 3.73. The SMILES string of the molecule is COc1ccc(CNC(=O)[C@@H](C)N2CCN(Cc3nc4ccccc4s3)CC2)cc1. The normalized spacial score (nSPS) is 16.5. The second-order valence-electron chi connectivity index (χ2n) is 7.63. The number of hydrogen-bond donors (Lipinski definition) is 1. The van der Waals surface area contributed by atoms with Crippen LogP contribution in [0.4, 0.5) is 0 Å². The van der Waals surface area contributed by atoms with Gasteiger partial charge in [0.05, 0.1) is 29.9 Å². The summed E-state index contributed by atoms with van der Waals surface area (Å²) in [5, 5.41) is 4.22. The molecule has 1 aliphatic rings. The van der Waals surface area contributed by atoms with Crippen molar-refractivity contribution in [1.29, 1.82) is 0 Å². The average Bonchev–Trinajstić information content (AvgIpc) is 3.20. The van der Waals surface area contributed by atoms with Crippen LogP contribution in [0.15, 0.2) is 48.5 Å². The lowest BCUT2D eigenvalue weighted by Crippen LogP contribution is -2.53. The predicted molar refractivity (Wildman–Crippen MR) is 121 cm³/mol. The van der Waals surface area contributed by atoms with Gasteiger partial charge in [0, 0.05) is 32.7 Å². The van der Waals surface area contributed by atoms with E-state index < -0.39 is 0 Å². The van der Waals surface area contributed by atoms with Gasteiger partial charge in [-0.05, 0) is 36.8 Å². The third-order valence-corrected chi connectivity index (χ3v) is 6.68. The molecule has 1 saturated heterocycles. The van der Waals surface area contributed by atoms with E-state index in [1.807, 2.05) is 37.3 Å². The van der Waals surface area contributed by atoms with Gasteiger partial charge in [-0.15, -0.1) is 11.3 Å². The first kappa shape index (κ1) is 20.8. The van der Waals surface area contributed by atoms with Crippen molar-refractivity contribution in [3.63, 3.8) is 0 Å². The Labute approximate surface area is 181 Å². The summed E-state index contributed by atoms with van der Waals surface area (Å²) in [6.07, 6.45) is 0. The van der Waals surface area contributed by atoms with Crippen molar-refractivity contribution in [3.05, 3.63) is 59.1 Å². The van der Waals surface area contributed by atoms with Crippen LogP contribution in [0.25, 0.3) is 10.2 Å². The molecule has 1 fully saturated rings. The van der Waals surface area contributed by atoms with Gasteiger partial charge in [0.2, 0.25) is 5.91 Å². The molecular formula is C23H28N4O2S. The van der Waals surface area contributed by atoms with Gasteiger partial charge >= 0.3 is 0 Å². The molecule has 1 aromatic heterocycles. The van der Waals surface area contributed by atoms with E-state index in [0.29, 0.717) is 6.54 Å². The Kier molecular flexibility index (Phi) is 6.62. The second-order valence-corrected chi connectivity index (χ2v) is 8.74. The standard InChI is InChI=1S/C23H28N4O2S/c1-17(23(28)24-15-18-7-9-19(29-2)10-8-18)27-13-11-26(12-14-27)16-22-25-20-5-3-4-6-21(20)30-22/h3-10,17H,11-16H2,1-2H3,(H,24,28)/t17-/m1/s1. The third-order valence-electron chi connectivity index (χ3n) is 5.66. The molecule has 1 N–H and O–H groups in total. The van der Waals surface area contributed by atoms with Crippen molar-refractivity contribution >= 4 is 27.5 Å². The van der Waals surface area contributed by atoms with E-state index in [9.17, 15) is 4.79 Å². The van der Waals surface area contributed by atoms with Crippen LogP contribution in [-0.2, 0) is 17.9 Å². The highest BCUT2D eigenvalue weighted by Gasteiger charge is 2.25. The Morgan fingerprint density at radius 2 is 1.87 bits per heavy atom.